The molecule has 0 amide bonds. The first-order valence-corrected chi connectivity index (χ1v) is 5.94. The van der Waals surface area contributed by atoms with Gasteiger partial charge in [0.05, 0.1) is 5.69 Å². The molecule has 4 N–H and O–H groups in total. The van der Waals surface area contributed by atoms with Gasteiger partial charge < -0.3 is 5.43 Å². The van der Waals surface area contributed by atoms with E-state index in [4.69, 9.17) is 10.4 Å². The standard InChI is InChI=1S/C10H10N2O3S/c11-12-9-5-6-10(16(13,14)15)8-4-2-1-3-7(8)9/h1-6,12H,11H2,(H,13,14,15). The van der Waals surface area contributed by atoms with Crippen LogP contribution in [0.25, 0.3) is 10.8 Å². The number of hydrazine groups is 1. The number of hydrogen-bond acceptors (Lipinski definition) is 4. The number of nitrogens with two attached hydrogens (primary N) is 1. The van der Waals surface area contributed by atoms with Crippen LogP contribution in [0, 0.1) is 0 Å². The fourth-order valence-electron chi connectivity index (χ4n) is 1.62. The number of nitrogen functional groups attached to an aromatic ring is 1. The van der Waals surface area contributed by atoms with Crippen molar-refractivity contribution in [3.05, 3.63) is 36.4 Å². The van der Waals surface area contributed by atoms with E-state index in [9.17, 15) is 8.42 Å². The van der Waals surface area contributed by atoms with E-state index in [0.717, 1.165) is 0 Å². The van der Waals surface area contributed by atoms with Crippen LogP contribution in [0.3, 0.4) is 0 Å². The highest BCUT2D eigenvalue weighted by molar-refractivity contribution is 7.86. The summed E-state index contributed by atoms with van der Waals surface area (Å²) in [5.74, 6) is 5.31. The van der Waals surface area contributed by atoms with E-state index in [1.54, 1.807) is 24.3 Å². The lowest BCUT2D eigenvalue weighted by Gasteiger charge is -2.08. The van der Waals surface area contributed by atoms with Gasteiger partial charge in [-0.05, 0) is 12.1 Å². The Bertz CT molecular complexity index is 638. The van der Waals surface area contributed by atoms with Gasteiger partial charge in [-0.3, -0.25) is 10.4 Å². The molecule has 2 rings (SSSR count). The van der Waals surface area contributed by atoms with Crippen LogP contribution in [0.15, 0.2) is 41.3 Å². The van der Waals surface area contributed by atoms with E-state index in [1.807, 2.05) is 0 Å². The summed E-state index contributed by atoms with van der Waals surface area (Å²) >= 11 is 0. The highest BCUT2D eigenvalue weighted by Gasteiger charge is 2.14. The van der Waals surface area contributed by atoms with Gasteiger partial charge >= 0.3 is 0 Å². The zero-order valence-electron chi connectivity index (χ0n) is 8.21. The third kappa shape index (κ3) is 1.73. The maximum atomic E-state index is 11.2. The van der Waals surface area contributed by atoms with Crippen molar-refractivity contribution in [1.82, 2.24) is 0 Å². The Morgan fingerprint density at radius 2 is 1.69 bits per heavy atom. The van der Waals surface area contributed by atoms with Gasteiger partial charge in [0.25, 0.3) is 10.1 Å². The first-order chi connectivity index (χ1) is 7.54. The average Bonchev–Trinajstić information content (AvgIpc) is 2.26. The van der Waals surface area contributed by atoms with Gasteiger partial charge in [0.1, 0.15) is 4.90 Å². The molecule has 0 fully saturated rings. The van der Waals surface area contributed by atoms with Crippen molar-refractivity contribution in [2.45, 2.75) is 4.90 Å². The van der Waals surface area contributed by atoms with Crippen molar-refractivity contribution >= 4 is 26.6 Å². The minimum Gasteiger partial charge on any atom is -0.324 e. The molecule has 0 atom stereocenters. The van der Waals surface area contributed by atoms with Gasteiger partial charge in [0, 0.05) is 10.8 Å². The molecule has 0 heterocycles. The third-order valence-corrected chi connectivity index (χ3v) is 3.23. The van der Waals surface area contributed by atoms with Crippen molar-refractivity contribution in [3.8, 4) is 0 Å². The summed E-state index contributed by atoms with van der Waals surface area (Å²) in [6.07, 6.45) is 0. The highest BCUT2D eigenvalue weighted by atomic mass is 32.2. The quantitative estimate of drug-likeness (QED) is 0.417. The molecular formula is C10H10N2O3S. The molecule has 0 spiro atoms. The summed E-state index contributed by atoms with van der Waals surface area (Å²) in [6.45, 7) is 0. The first kappa shape index (κ1) is 10.9. The largest absolute Gasteiger partial charge is 0.324 e. The highest BCUT2D eigenvalue weighted by Crippen LogP contribution is 2.28. The molecule has 0 aliphatic heterocycles. The number of nitrogens with one attached hydrogen (secondary N) is 1. The number of hydrogen-bond donors (Lipinski definition) is 3. The van der Waals surface area contributed by atoms with E-state index in [2.05, 4.69) is 5.43 Å². The lowest BCUT2D eigenvalue weighted by molar-refractivity contribution is 0.484. The molecule has 2 aromatic rings. The Morgan fingerprint density at radius 3 is 2.25 bits per heavy atom. The van der Waals surface area contributed by atoms with Gasteiger partial charge in [-0.1, -0.05) is 24.3 Å². The molecule has 84 valence electrons. The second kappa shape index (κ2) is 3.75. The molecule has 16 heavy (non-hydrogen) atoms. The predicted molar refractivity (Wildman–Crippen MR) is 61.6 cm³/mol. The molecule has 2 aromatic carbocycles. The van der Waals surface area contributed by atoms with E-state index in [0.29, 0.717) is 16.5 Å². The summed E-state index contributed by atoms with van der Waals surface area (Å²) in [5, 5.41) is 1.07. The minimum atomic E-state index is -4.22. The molecule has 0 unspecified atom stereocenters. The number of anilines is 1. The molecule has 0 aliphatic rings. The Kier molecular flexibility index (Phi) is 2.55. The second-order valence-corrected chi connectivity index (χ2v) is 4.67. The van der Waals surface area contributed by atoms with Gasteiger partial charge in [0.15, 0.2) is 0 Å². The first-order valence-electron chi connectivity index (χ1n) is 4.50. The van der Waals surface area contributed by atoms with E-state index in [-0.39, 0.29) is 4.90 Å². The normalized spacial score (nSPS) is 11.6. The molecular weight excluding hydrogens is 228 g/mol. The van der Waals surface area contributed by atoms with Crippen molar-refractivity contribution in [2.75, 3.05) is 5.43 Å². The molecule has 0 saturated heterocycles. The fraction of sp³-hybridized carbons (Fsp3) is 0. The molecule has 0 radical (unpaired) electrons. The molecule has 0 saturated carbocycles. The molecule has 5 nitrogen and oxygen atoms in total. The van der Waals surface area contributed by atoms with Crippen molar-refractivity contribution < 1.29 is 13.0 Å². The number of rotatable bonds is 2. The van der Waals surface area contributed by atoms with Crippen LogP contribution in [0.4, 0.5) is 5.69 Å². The van der Waals surface area contributed by atoms with Crippen LogP contribution in [-0.4, -0.2) is 13.0 Å². The second-order valence-electron chi connectivity index (χ2n) is 3.28. The summed E-state index contributed by atoms with van der Waals surface area (Å²) < 4.78 is 31.4. The zero-order chi connectivity index (χ0) is 11.8. The number of fused-ring (bicyclic) bond motifs is 1. The summed E-state index contributed by atoms with van der Waals surface area (Å²) in [7, 11) is -4.22. The lowest BCUT2D eigenvalue weighted by Crippen LogP contribution is -2.08. The summed E-state index contributed by atoms with van der Waals surface area (Å²) in [5.41, 5.74) is 3.07. The Hall–Kier alpha value is -1.63. The summed E-state index contributed by atoms with van der Waals surface area (Å²) in [4.78, 5) is -0.123. The molecule has 0 aliphatic carbocycles. The van der Waals surface area contributed by atoms with Crippen LogP contribution in [-0.2, 0) is 10.1 Å². The monoisotopic (exact) mass is 238 g/mol. The SMILES string of the molecule is NNc1ccc(S(=O)(=O)O)c2ccccc12. The molecule has 0 aromatic heterocycles. The van der Waals surface area contributed by atoms with Crippen molar-refractivity contribution in [3.63, 3.8) is 0 Å². The van der Waals surface area contributed by atoms with Gasteiger partial charge in [-0.15, -0.1) is 0 Å². The third-order valence-electron chi connectivity index (χ3n) is 2.32. The van der Waals surface area contributed by atoms with Crippen LogP contribution in [0.2, 0.25) is 0 Å². The Labute approximate surface area is 92.6 Å². The zero-order valence-corrected chi connectivity index (χ0v) is 9.03. The average molecular weight is 238 g/mol. The maximum absolute atomic E-state index is 11.2. The minimum absolute atomic E-state index is 0.123. The fourth-order valence-corrected chi connectivity index (χ4v) is 2.32. The van der Waals surface area contributed by atoms with Gasteiger partial charge in [0.2, 0.25) is 0 Å². The smallest absolute Gasteiger partial charge is 0.295 e. The molecule has 0 bridgehead atoms. The van der Waals surface area contributed by atoms with Crippen LogP contribution < -0.4 is 11.3 Å². The number of benzene rings is 2. The topological polar surface area (TPSA) is 92.4 Å². The maximum Gasteiger partial charge on any atom is 0.295 e. The lowest BCUT2D eigenvalue weighted by atomic mass is 10.1. The van der Waals surface area contributed by atoms with E-state index >= 15 is 0 Å². The van der Waals surface area contributed by atoms with Crippen molar-refractivity contribution in [2.24, 2.45) is 5.84 Å². The Balaban J connectivity index is 2.91. The van der Waals surface area contributed by atoms with Crippen LogP contribution >= 0.6 is 0 Å². The van der Waals surface area contributed by atoms with E-state index in [1.165, 1.54) is 12.1 Å². The van der Waals surface area contributed by atoms with Crippen molar-refractivity contribution in [1.29, 1.82) is 0 Å². The Morgan fingerprint density at radius 1 is 1.06 bits per heavy atom. The predicted octanol–water partition coefficient (Wildman–Crippen LogP) is 1.37. The van der Waals surface area contributed by atoms with E-state index < -0.39 is 10.1 Å². The van der Waals surface area contributed by atoms with Crippen LogP contribution in [0.1, 0.15) is 0 Å². The van der Waals surface area contributed by atoms with Gasteiger partial charge in [-0.2, -0.15) is 8.42 Å². The van der Waals surface area contributed by atoms with Crippen LogP contribution in [0.5, 0.6) is 0 Å². The molecule has 6 heteroatoms. The summed E-state index contributed by atoms with van der Waals surface area (Å²) in [6, 6.07) is 9.60. The van der Waals surface area contributed by atoms with Gasteiger partial charge in [-0.25, -0.2) is 0 Å².